The summed E-state index contributed by atoms with van der Waals surface area (Å²) < 4.78 is 1.76. The number of aryl methyl sites for hydroxylation is 2. The van der Waals surface area contributed by atoms with Gasteiger partial charge in [0.2, 0.25) is 5.91 Å². The molecule has 0 spiro atoms. The lowest BCUT2D eigenvalue weighted by molar-refractivity contribution is -0.119. The Bertz CT molecular complexity index is 928. The summed E-state index contributed by atoms with van der Waals surface area (Å²) in [6.45, 7) is 5.60. The number of hydrogen-bond donors (Lipinski definition) is 2. The SMILES string of the molecule is Cc1sc2nc(S[C@@H](C)C(=O)NC(N)=O)n(C3CCCC3)c(=O)c2c1C. The van der Waals surface area contributed by atoms with E-state index in [1.165, 1.54) is 23.1 Å². The van der Waals surface area contributed by atoms with Gasteiger partial charge < -0.3 is 5.73 Å². The second-order valence-corrected chi connectivity index (χ2v) is 9.10. The minimum absolute atomic E-state index is 0.0336. The molecule has 3 rings (SSSR count). The van der Waals surface area contributed by atoms with E-state index >= 15 is 0 Å². The molecule has 0 aromatic carbocycles. The summed E-state index contributed by atoms with van der Waals surface area (Å²) in [5.74, 6) is -0.492. The Morgan fingerprint density at radius 3 is 2.62 bits per heavy atom. The zero-order chi connectivity index (χ0) is 19.0. The number of nitrogens with two attached hydrogens (primary N) is 1. The van der Waals surface area contributed by atoms with Crippen LogP contribution in [0, 0.1) is 13.8 Å². The maximum absolute atomic E-state index is 13.2. The van der Waals surface area contributed by atoms with Gasteiger partial charge in [0.25, 0.3) is 5.56 Å². The first-order chi connectivity index (χ1) is 12.3. The van der Waals surface area contributed by atoms with Crippen molar-refractivity contribution in [2.24, 2.45) is 5.73 Å². The van der Waals surface area contributed by atoms with Crippen LogP contribution in [0.4, 0.5) is 4.79 Å². The van der Waals surface area contributed by atoms with Gasteiger partial charge in [-0.15, -0.1) is 11.3 Å². The Kier molecular flexibility index (Phi) is 5.38. The van der Waals surface area contributed by atoms with Crippen molar-refractivity contribution in [2.45, 2.75) is 62.9 Å². The summed E-state index contributed by atoms with van der Waals surface area (Å²) in [6.07, 6.45) is 4.03. The molecule has 1 saturated carbocycles. The van der Waals surface area contributed by atoms with Crippen molar-refractivity contribution in [1.82, 2.24) is 14.9 Å². The monoisotopic (exact) mass is 394 g/mol. The lowest BCUT2D eigenvalue weighted by Gasteiger charge is -2.19. The van der Waals surface area contributed by atoms with Gasteiger partial charge in [0, 0.05) is 10.9 Å². The van der Waals surface area contributed by atoms with Crippen LogP contribution in [0.25, 0.3) is 10.2 Å². The molecule has 2 aromatic rings. The maximum atomic E-state index is 13.2. The number of imide groups is 1. The molecule has 0 unspecified atom stereocenters. The van der Waals surface area contributed by atoms with Crippen LogP contribution < -0.4 is 16.6 Å². The number of nitrogens with one attached hydrogen (secondary N) is 1. The fraction of sp³-hybridized carbons (Fsp3) is 0.529. The van der Waals surface area contributed by atoms with E-state index in [1.54, 1.807) is 11.5 Å². The van der Waals surface area contributed by atoms with E-state index in [-0.39, 0.29) is 11.6 Å². The first kappa shape index (κ1) is 18.9. The molecule has 2 heterocycles. The third-order valence-electron chi connectivity index (χ3n) is 4.79. The Balaban J connectivity index is 2.08. The summed E-state index contributed by atoms with van der Waals surface area (Å²) in [7, 11) is 0. The van der Waals surface area contributed by atoms with Gasteiger partial charge in [-0.25, -0.2) is 9.78 Å². The molecule has 0 saturated heterocycles. The summed E-state index contributed by atoms with van der Waals surface area (Å²) in [6, 6.07) is -0.781. The minimum atomic E-state index is -0.886. The molecule has 9 heteroatoms. The highest BCUT2D eigenvalue weighted by atomic mass is 32.2. The molecule has 1 aliphatic carbocycles. The number of amides is 3. The zero-order valence-corrected chi connectivity index (χ0v) is 16.6. The van der Waals surface area contributed by atoms with Crippen LogP contribution in [0.2, 0.25) is 0 Å². The smallest absolute Gasteiger partial charge is 0.318 e. The molecule has 1 aliphatic rings. The summed E-state index contributed by atoms with van der Waals surface area (Å²) in [5, 5.41) is 2.70. The predicted octanol–water partition coefficient (Wildman–Crippen LogP) is 2.87. The zero-order valence-electron chi connectivity index (χ0n) is 15.0. The first-order valence-corrected chi connectivity index (χ1v) is 10.3. The van der Waals surface area contributed by atoms with Gasteiger partial charge >= 0.3 is 6.03 Å². The Morgan fingerprint density at radius 1 is 1.35 bits per heavy atom. The molecule has 3 amide bonds. The van der Waals surface area contributed by atoms with E-state index in [4.69, 9.17) is 10.7 Å². The number of thiophene rings is 1. The number of aromatic nitrogens is 2. The summed E-state index contributed by atoms with van der Waals surface area (Å²) in [4.78, 5) is 42.7. The number of urea groups is 1. The van der Waals surface area contributed by atoms with Crippen molar-refractivity contribution in [3.63, 3.8) is 0 Å². The first-order valence-electron chi connectivity index (χ1n) is 8.58. The molecule has 2 aromatic heterocycles. The van der Waals surface area contributed by atoms with Crippen LogP contribution in [-0.4, -0.2) is 26.7 Å². The van der Waals surface area contributed by atoms with Crippen LogP contribution in [-0.2, 0) is 4.79 Å². The van der Waals surface area contributed by atoms with Crippen LogP contribution >= 0.6 is 23.1 Å². The standard InChI is InChI=1S/C17H22N4O3S2/c1-8-9(2)25-14-12(8)15(23)21(11-6-4-5-7-11)17(20-14)26-10(3)13(22)19-16(18)24/h10-11H,4-7H2,1-3H3,(H3,18,19,22,24)/t10-/m0/s1. The normalized spacial score (nSPS) is 16.1. The van der Waals surface area contributed by atoms with Gasteiger partial charge in [-0.1, -0.05) is 24.6 Å². The van der Waals surface area contributed by atoms with Crippen LogP contribution in [0.15, 0.2) is 9.95 Å². The largest absolute Gasteiger partial charge is 0.351 e. The molecular weight excluding hydrogens is 372 g/mol. The van der Waals surface area contributed by atoms with E-state index in [2.05, 4.69) is 5.32 Å². The van der Waals surface area contributed by atoms with E-state index < -0.39 is 17.2 Å². The van der Waals surface area contributed by atoms with Gasteiger partial charge in [-0.3, -0.25) is 19.5 Å². The Morgan fingerprint density at radius 2 is 2.00 bits per heavy atom. The number of primary amides is 1. The fourth-order valence-corrected chi connectivity index (χ4v) is 5.34. The predicted molar refractivity (Wildman–Crippen MR) is 104 cm³/mol. The third kappa shape index (κ3) is 3.50. The molecule has 140 valence electrons. The van der Waals surface area contributed by atoms with Crippen LogP contribution in [0.1, 0.15) is 49.1 Å². The van der Waals surface area contributed by atoms with Gasteiger partial charge in [0.15, 0.2) is 5.16 Å². The molecule has 1 fully saturated rings. The molecule has 0 bridgehead atoms. The number of carbonyl (C=O) groups excluding carboxylic acids is 2. The van der Waals surface area contributed by atoms with E-state index in [9.17, 15) is 14.4 Å². The quantitative estimate of drug-likeness (QED) is 0.612. The third-order valence-corrected chi connectivity index (χ3v) is 6.96. The van der Waals surface area contributed by atoms with Crippen molar-refractivity contribution >= 4 is 45.3 Å². The van der Waals surface area contributed by atoms with Crippen molar-refractivity contribution in [1.29, 1.82) is 0 Å². The minimum Gasteiger partial charge on any atom is -0.351 e. The number of fused-ring (bicyclic) bond motifs is 1. The topological polar surface area (TPSA) is 107 Å². The highest BCUT2D eigenvalue weighted by molar-refractivity contribution is 8.00. The fourth-order valence-electron chi connectivity index (χ4n) is 3.29. The molecule has 0 radical (unpaired) electrons. The molecule has 7 nitrogen and oxygen atoms in total. The molecule has 26 heavy (non-hydrogen) atoms. The average Bonchev–Trinajstić information content (AvgIpc) is 3.16. The summed E-state index contributed by atoms with van der Waals surface area (Å²) in [5.41, 5.74) is 5.97. The van der Waals surface area contributed by atoms with Gasteiger partial charge in [0.05, 0.1) is 10.6 Å². The van der Waals surface area contributed by atoms with E-state index in [1.807, 2.05) is 13.8 Å². The average molecular weight is 395 g/mol. The molecule has 0 aliphatic heterocycles. The van der Waals surface area contributed by atoms with Gasteiger partial charge in [-0.2, -0.15) is 0 Å². The number of rotatable bonds is 4. The Hall–Kier alpha value is -1.87. The second kappa shape index (κ2) is 7.40. The van der Waals surface area contributed by atoms with Gasteiger partial charge in [0.1, 0.15) is 4.83 Å². The number of nitrogens with zero attached hydrogens (tertiary/aromatic N) is 2. The van der Waals surface area contributed by atoms with Crippen molar-refractivity contribution in [3.8, 4) is 0 Å². The summed E-state index contributed by atoms with van der Waals surface area (Å²) >= 11 is 2.68. The van der Waals surface area contributed by atoms with Crippen LogP contribution in [0.3, 0.4) is 0 Å². The van der Waals surface area contributed by atoms with E-state index in [0.717, 1.165) is 36.1 Å². The number of carbonyl (C=O) groups is 2. The van der Waals surface area contributed by atoms with Gasteiger partial charge in [-0.05, 0) is 39.2 Å². The van der Waals surface area contributed by atoms with Crippen molar-refractivity contribution in [2.75, 3.05) is 0 Å². The lowest BCUT2D eigenvalue weighted by atomic mass is 10.2. The lowest BCUT2D eigenvalue weighted by Crippen LogP contribution is -2.39. The van der Waals surface area contributed by atoms with Crippen LogP contribution in [0.5, 0.6) is 0 Å². The maximum Gasteiger partial charge on any atom is 0.318 e. The number of thioether (sulfide) groups is 1. The number of hydrogen-bond acceptors (Lipinski definition) is 6. The Labute approximate surface area is 159 Å². The van der Waals surface area contributed by atoms with Crippen molar-refractivity contribution < 1.29 is 9.59 Å². The molecule has 1 atom stereocenters. The second-order valence-electron chi connectivity index (χ2n) is 6.58. The van der Waals surface area contributed by atoms with Crippen molar-refractivity contribution in [3.05, 3.63) is 20.8 Å². The highest BCUT2D eigenvalue weighted by Crippen LogP contribution is 2.35. The molecular formula is C17H22N4O3S2. The molecule has 3 N–H and O–H groups in total. The van der Waals surface area contributed by atoms with E-state index in [0.29, 0.717) is 15.4 Å². The highest BCUT2D eigenvalue weighted by Gasteiger charge is 2.27.